The number of hydrogen-bond acceptors (Lipinski definition) is 4. The molecule has 2 aromatic carbocycles. The van der Waals surface area contributed by atoms with Crippen LogP contribution in [0.2, 0.25) is 0 Å². The first-order chi connectivity index (χ1) is 18.2. The zero-order chi connectivity index (χ0) is 27.9. The predicted octanol–water partition coefficient (Wildman–Crippen LogP) is 7.78. The molecule has 2 aromatic rings. The lowest BCUT2D eigenvalue weighted by Crippen LogP contribution is -2.25. The molecule has 2 N–H and O–H groups in total. The van der Waals surface area contributed by atoms with Crippen molar-refractivity contribution in [3.63, 3.8) is 0 Å². The molecule has 2 rings (SSSR count). The number of rotatable bonds is 17. The van der Waals surface area contributed by atoms with Crippen molar-refractivity contribution < 1.29 is 19.1 Å². The van der Waals surface area contributed by atoms with Crippen molar-refractivity contribution in [2.45, 2.75) is 66.2 Å². The summed E-state index contributed by atoms with van der Waals surface area (Å²) in [6.45, 7) is 10.7. The monoisotopic (exact) mass is 652 g/mol. The second-order valence-corrected chi connectivity index (χ2v) is 12.2. The molecule has 38 heavy (non-hydrogen) atoms. The van der Waals surface area contributed by atoms with Gasteiger partial charge in [0.15, 0.2) is 0 Å². The third-order valence-electron chi connectivity index (χ3n) is 5.69. The number of hydrogen-bond donors (Lipinski definition) is 2. The quantitative estimate of drug-likeness (QED) is 0.171. The van der Waals surface area contributed by atoms with Gasteiger partial charge in [-0.25, -0.2) is 0 Å². The van der Waals surface area contributed by atoms with Gasteiger partial charge in [0.25, 0.3) is 11.8 Å². The Morgan fingerprint density at radius 3 is 1.39 bits per heavy atom. The van der Waals surface area contributed by atoms with Crippen molar-refractivity contribution in [2.24, 2.45) is 11.8 Å². The van der Waals surface area contributed by atoms with Crippen LogP contribution in [-0.2, 0) is 0 Å². The first kappa shape index (κ1) is 32.2. The Hall–Kier alpha value is -2.06. The molecule has 0 heterocycles. The summed E-state index contributed by atoms with van der Waals surface area (Å²) in [5.74, 6) is 1.79. The van der Waals surface area contributed by atoms with Gasteiger partial charge in [-0.15, -0.1) is 0 Å². The molecule has 0 fully saturated rings. The molecule has 0 aliphatic rings. The molecule has 2 amide bonds. The maximum absolute atomic E-state index is 12.7. The average molecular weight is 654 g/mol. The standard InChI is InChI=1S/C30H42Br2N2O4/c1-21(2)19-37-27-13-11-23(31)17-25(27)29(35)33-15-9-7-5-6-8-10-16-34-30(36)26-18-24(32)12-14-28(26)38-20-22(3)4/h11-14,17-18,21-22H,5-10,15-16,19-20H2,1-4H3,(H,33,35)(H,34,36). The lowest BCUT2D eigenvalue weighted by molar-refractivity contribution is 0.0939. The zero-order valence-electron chi connectivity index (χ0n) is 23.1. The lowest BCUT2D eigenvalue weighted by Gasteiger charge is -2.14. The fraction of sp³-hybridized carbons (Fsp3) is 0.533. The molecule has 0 atom stereocenters. The Labute approximate surface area is 244 Å². The molecular formula is C30H42Br2N2O4. The molecular weight excluding hydrogens is 612 g/mol. The number of ether oxygens (including phenoxy) is 2. The molecule has 0 saturated carbocycles. The molecule has 6 nitrogen and oxygen atoms in total. The SMILES string of the molecule is CC(C)COc1ccc(Br)cc1C(=O)NCCCCCCCCNC(=O)c1cc(Br)ccc1OCC(C)C. The molecule has 0 unspecified atom stereocenters. The van der Waals surface area contributed by atoms with Gasteiger partial charge in [-0.3, -0.25) is 9.59 Å². The molecule has 8 heteroatoms. The predicted molar refractivity (Wildman–Crippen MR) is 161 cm³/mol. The summed E-state index contributed by atoms with van der Waals surface area (Å²) >= 11 is 6.89. The van der Waals surface area contributed by atoms with Gasteiger partial charge in [-0.2, -0.15) is 0 Å². The van der Waals surface area contributed by atoms with E-state index in [1.54, 1.807) is 12.1 Å². The van der Waals surface area contributed by atoms with Crippen molar-refractivity contribution in [1.29, 1.82) is 0 Å². The minimum Gasteiger partial charge on any atom is -0.492 e. The van der Waals surface area contributed by atoms with Crippen LogP contribution in [-0.4, -0.2) is 38.1 Å². The van der Waals surface area contributed by atoms with Gasteiger partial charge in [-0.1, -0.05) is 85.2 Å². The van der Waals surface area contributed by atoms with Crippen LogP contribution >= 0.6 is 31.9 Å². The van der Waals surface area contributed by atoms with Crippen molar-refractivity contribution in [2.75, 3.05) is 26.3 Å². The van der Waals surface area contributed by atoms with Crippen LogP contribution in [0.25, 0.3) is 0 Å². The van der Waals surface area contributed by atoms with E-state index in [4.69, 9.17) is 9.47 Å². The van der Waals surface area contributed by atoms with E-state index in [1.165, 1.54) is 0 Å². The third kappa shape index (κ3) is 12.2. The first-order valence-corrected chi connectivity index (χ1v) is 15.2. The Morgan fingerprint density at radius 2 is 1.03 bits per heavy atom. The van der Waals surface area contributed by atoms with E-state index in [0.717, 1.165) is 47.5 Å². The number of nitrogens with one attached hydrogen (secondary N) is 2. The number of carbonyl (C=O) groups is 2. The Morgan fingerprint density at radius 1 is 0.658 bits per heavy atom. The fourth-order valence-corrected chi connectivity index (χ4v) is 4.40. The van der Waals surface area contributed by atoms with E-state index in [9.17, 15) is 9.59 Å². The highest BCUT2D eigenvalue weighted by atomic mass is 79.9. The lowest BCUT2D eigenvalue weighted by atomic mass is 10.1. The fourth-order valence-electron chi connectivity index (χ4n) is 3.68. The van der Waals surface area contributed by atoms with Gasteiger partial charge in [-0.05, 0) is 61.1 Å². The molecule has 0 spiro atoms. The van der Waals surface area contributed by atoms with Crippen LogP contribution in [0.5, 0.6) is 11.5 Å². The summed E-state index contributed by atoms with van der Waals surface area (Å²) < 4.78 is 13.3. The van der Waals surface area contributed by atoms with Crippen LogP contribution in [0.4, 0.5) is 0 Å². The van der Waals surface area contributed by atoms with Crippen LogP contribution < -0.4 is 20.1 Å². The zero-order valence-corrected chi connectivity index (χ0v) is 26.3. The van der Waals surface area contributed by atoms with Gasteiger partial charge in [0.05, 0.1) is 24.3 Å². The first-order valence-electron chi connectivity index (χ1n) is 13.6. The topological polar surface area (TPSA) is 76.7 Å². The maximum Gasteiger partial charge on any atom is 0.255 e. The maximum atomic E-state index is 12.7. The second-order valence-electron chi connectivity index (χ2n) is 10.3. The summed E-state index contributed by atoms with van der Waals surface area (Å²) in [6.07, 6.45) is 6.17. The number of amides is 2. The molecule has 210 valence electrons. The Bertz CT molecular complexity index is 946. The highest BCUT2D eigenvalue weighted by molar-refractivity contribution is 9.10. The van der Waals surface area contributed by atoms with Crippen molar-refractivity contribution in [1.82, 2.24) is 10.6 Å². The van der Waals surface area contributed by atoms with Crippen molar-refractivity contribution >= 4 is 43.7 Å². The molecule has 0 bridgehead atoms. The number of benzene rings is 2. The van der Waals surface area contributed by atoms with Crippen LogP contribution in [0, 0.1) is 11.8 Å². The summed E-state index contributed by atoms with van der Waals surface area (Å²) in [5.41, 5.74) is 1.12. The Balaban J connectivity index is 1.61. The van der Waals surface area contributed by atoms with Gasteiger partial charge in [0.2, 0.25) is 0 Å². The van der Waals surface area contributed by atoms with Crippen LogP contribution in [0.3, 0.4) is 0 Å². The molecule has 0 aliphatic heterocycles. The largest absolute Gasteiger partial charge is 0.492 e. The summed E-state index contributed by atoms with van der Waals surface area (Å²) in [5, 5.41) is 6.03. The van der Waals surface area contributed by atoms with Gasteiger partial charge in [0.1, 0.15) is 11.5 Å². The number of halogens is 2. The van der Waals surface area contributed by atoms with E-state index in [1.807, 2.05) is 24.3 Å². The van der Waals surface area contributed by atoms with E-state index >= 15 is 0 Å². The van der Waals surface area contributed by atoms with Crippen LogP contribution in [0.15, 0.2) is 45.3 Å². The van der Waals surface area contributed by atoms with Crippen molar-refractivity contribution in [3.8, 4) is 11.5 Å². The smallest absolute Gasteiger partial charge is 0.255 e. The molecule has 0 saturated heterocycles. The molecule has 0 aliphatic carbocycles. The van der Waals surface area contributed by atoms with E-state index in [0.29, 0.717) is 60.8 Å². The number of unbranched alkanes of at least 4 members (excludes halogenated alkanes) is 5. The summed E-state index contributed by atoms with van der Waals surface area (Å²) in [6, 6.07) is 11.1. The highest BCUT2D eigenvalue weighted by Crippen LogP contribution is 2.25. The highest BCUT2D eigenvalue weighted by Gasteiger charge is 2.15. The van der Waals surface area contributed by atoms with Gasteiger partial charge in [0, 0.05) is 22.0 Å². The van der Waals surface area contributed by atoms with Gasteiger partial charge < -0.3 is 20.1 Å². The Kier molecular flexibility index (Phi) is 14.8. The van der Waals surface area contributed by atoms with Crippen molar-refractivity contribution in [3.05, 3.63) is 56.5 Å². The van der Waals surface area contributed by atoms with Gasteiger partial charge >= 0.3 is 0 Å². The molecule has 0 aromatic heterocycles. The average Bonchev–Trinajstić information content (AvgIpc) is 2.87. The summed E-state index contributed by atoms with van der Waals surface area (Å²) in [4.78, 5) is 25.4. The second kappa shape index (κ2) is 17.5. The third-order valence-corrected chi connectivity index (χ3v) is 6.68. The number of carbonyl (C=O) groups excluding carboxylic acids is 2. The summed E-state index contributed by atoms with van der Waals surface area (Å²) in [7, 11) is 0. The minimum absolute atomic E-state index is 0.107. The van der Waals surface area contributed by atoms with E-state index in [-0.39, 0.29) is 11.8 Å². The van der Waals surface area contributed by atoms with E-state index in [2.05, 4.69) is 70.2 Å². The minimum atomic E-state index is -0.107. The van der Waals surface area contributed by atoms with E-state index < -0.39 is 0 Å². The van der Waals surface area contributed by atoms with Crippen LogP contribution in [0.1, 0.15) is 86.9 Å². The molecule has 0 radical (unpaired) electrons. The normalized spacial score (nSPS) is 11.1.